The number of ether oxygens (including phenoxy) is 1. The zero-order chi connectivity index (χ0) is 18.5. The molecule has 0 saturated carbocycles. The van der Waals surface area contributed by atoms with E-state index in [-0.39, 0.29) is 48.0 Å². The van der Waals surface area contributed by atoms with Crippen molar-refractivity contribution in [2.45, 2.75) is 32.2 Å². The average molecular weight is 608 g/mol. The first kappa shape index (κ1) is 25.7. The Labute approximate surface area is 204 Å². The highest BCUT2D eigenvalue weighted by molar-refractivity contribution is 5.28. The van der Waals surface area contributed by atoms with Gasteiger partial charge in [-0.25, -0.2) is 0 Å². The van der Waals surface area contributed by atoms with Gasteiger partial charge in [0, 0.05) is 0 Å². The molecule has 0 aliphatic carbocycles. The number of quaternary nitrogens is 2. The van der Waals surface area contributed by atoms with Crippen molar-refractivity contribution < 1.29 is 62.5 Å². The molecule has 3 rings (SSSR count). The first-order valence-electron chi connectivity index (χ1n) is 9.88. The fourth-order valence-corrected chi connectivity index (χ4v) is 4.15. The third kappa shape index (κ3) is 8.16. The third-order valence-electron chi connectivity index (χ3n) is 5.52. The van der Waals surface area contributed by atoms with Gasteiger partial charge in [0.2, 0.25) is 0 Å². The zero-order valence-corrected chi connectivity index (χ0v) is 21.6. The predicted molar refractivity (Wildman–Crippen MR) is 107 cm³/mol. The van der Waals surface area contributed by atoms with E-state index in [0.717, 1.165) is 36.2 Å². The molecule has 1 aliphatic heterocycles. The maximum absolute atomic E-state index is 6.03. The topological polar surface area (TPSA) is 25.8 Å². The first-order valence-corrected chi connectivity index (χ1v) is 9.88. The maximum atomic E-state index is 6.03. The van der Waals surface area contributed by atoms with Gasteiger partial charge in [-0.3, -0.25) is 0 Å². The summed E-state index contributed by atoms with van der Waals surface area (Å²) < 4.78 is 7.14. The molecule has 0 bridgehead atoms. The molecule has 1 unspecified atom stereocenters. The van der Waals surface area contributed by atoms with Crippen LogP contribution in [0.25, 0.3) is 0 Å². The molecule has 1 aliphatic rings. The highest BCUT2D eigenvalue weighted by Gasteiger charge is 2.38. The molecule has 28 heavy (non-hydrogen) atoms. The fraction of sp³-hybridized carbons (Fsp3) is 0.478. The SMILES string of the molecule is CC1(C)C[N+](C)(CCOc2ccc(CCc3ccccc3)cc2)CC[NH2+]1.[I-].[I-]. The van der Waals surface area contributed by atoms with Gasteiger partial charge in [0.25, 0.3) is 0 Å². The molecular formula is C23H34I2N2O. The lowest BCUT2D eigenvalue weighted by atomic mass is 10.0. The number of hydrogen-bond donors (Lipinski definition) is 1. The van der Waals surface area contributed by atoms with E-state index in [2.05, 4.69) is 80.8 Å². The monoisotopic (exact) mass is 608 g/mol. The number of benzene rings is 2. The van der Waals surface area contributed by atoms with Gasteiger partial charge in [0.05, 0.1) is 7.05 Å². The quantitative estimate of drug-likeness (QED) is 0.259. The lowest BCUT2D eigenvalue weighted by Crippen LogP contribution is -3.01. The van der Waals surface area contributed by atoms with E-state index in [1.165, 1.54) is 30.8 Å². The summed E-state index contributed by atoms with van der Waals surface area (Å²) in [7, 11) is 2.37. The van der Waals surface area contributed by atoms with Crippen LogP contribution in [0.4, 0.5) is 0 Å². The number of nitrogens with zero attached hydrogens (tertiary/aromatic N) is 1. The molecule has 5 heteroatoms. The second-order valence-electron chi connectivity index (χ2n) is 8.68. The Balaban J connectivity index is 0.00000196. The minimum atomic E-state index is 0. The second-order valence-corrected chi connectivity index (χ2v) is 8.68. The van der Waals surface area contributed by atoms with Gasteiger partial charge in [-0.1, -0.05) is 42.5 Å². The standard InChI is InChI=1S/C23H33N2O.2HI/c1-23(2)19-25(3,16-15-24-23)17-18-26-22-13-11-21(12-14-22)10-9-20-7-5-4-6-8-20;;/h4-8,11-14,24H,9-10,15-19H2,1-3H3;2*1H/q+1;;/p-1. The van der Waals surface area contributed by atoms with E-state index < -0.39 is 0 Å². The van der Waals surface area contributed by atoms with Crippen LogP contribution in [-0.2, 0) is 12.8 Å². The predicted octanol–water partition coefficient (Wildman–Crippen LogP) is -3.34. The summed E-state index contributed by atoms with van der Waals surface area (Å²) in [5.74, 6) is 0.989. The summed E-state index contributed by atoms with van der Waals surface area (Å²) in [5.41, 5.74) is 3.10. The van der Waals surface area contributed by atoms with Crippen LogP contribution in [0.5, 0.6) is 5.75 Å². The zero-order valence-electron chi connectivity index (χ0n) is 17.3. The van der Waals surface area contributed by atoms with Crippen LogP contribution in [0.3, 0.4) is 0 Å². The Hall–Kier alpha value is -0.380. The molecular weight excluding hydrogens is 574 g/mol. The smallest absolute Gasteiger partial charge is 0.140 e. The van der Waals surface area contributed by atoms with E-state index in [9.17, 15) is 0 Å². The van der Waals surface area contributed by atoms with Crippen LogP contribution in [-0.4, -0.2) is 49.9 Å². The largest absolute Gasteiger partial charge is 1.00 e. The summed E-state index contributed by atoms with van der Waals surface area (Å²) in [5, 5.41) is 2.47. The molecule has 2 aromatic carbocycles. The molecule has 1 atom stereocenters. The van der Waals surface area contributed by atoms with E-state index in [1.54, 1.807) is 0 Å². The molecule has 2 N–H and O–H groups in total. The Morgan fingerprint density at radius 3 is 2.14 bits per heavy atom. The summed E-state index contributed by atoms with van der Waals surface area (Å²) in [4.78, 5) is 0. The van der Waals surface area contributed by atoms with Gasteiger partial charge in [-0.2, -0.15) is 0 Å². The molecule has 1 fully saturated rings. The highest BCUT2D eigenvalue weighted by atomic mass is 127. The second kappa shape index (κ2) is 11.7. The van der Waals surface area contributed by atoms with Crippen LogP contribution in [0, 0.1) is 0 Å². The fourth-order valence-electron chi connectivity index (χ4n) is 4.15. The van der Waals surface area contributed by atoms with Gasteiger partial charge in [0.1, 0.15) is 44.1 Å². The lowest BCUT2D eigenvalue weighted by molar-refractivity contribution is -0.971. The van der Waals surface area contributed by atoms with E-state index in [1.807, 2.05) is 0 Å². The first-order chi connectivity index (χ1) is 12.4. The number of piperazine rings is 1. The van der Waals surface area contributed by atoms with Gasteiger partial charge in [-0.15, -0.1) is 0 Å². The summed E-state index contributed by atoms with van der Waals surface area (Å²) in [6.07, 6.45) is 2.16. The van der Waals surface area contributed by atoms with Crippen molar-refractivity contribution in [3.63, 3.8) is 0 Å². The maximum Gasteiger partial charge on any atom is 0.140 e. The number of hydrogen-bond acceptors (Lipinski definition) is 1. The van der Waals surface area contributed by atoms with Crippen LogP contribution >= 0.6 is 0 Å². The minimum absolute atomic E-state index is 0. The van der Waals surface area contributed by atoms with Crippen LogP contribution in [0.15, 0.2) is 54.6 Å². The number of aryl methyl sites for hydroxylation is 2. The molecule has 0 radical (unpaired) electrons. The van der Waals surface area contributed by atoms with Crippen molar-refractivity contribution in [2.24, 2.45) is 0 Å². The van der Waals surface area contributed by atoms with Crippen molar-refractivity contribution in [2.75, 3.05) is 39.8 Å². The molecule has 2 aromatic rings. The van der Waals surface area contributed by atoms with E-state index >= 15 is 0 Å². The van der Waals surface area contributed by atoms with Crippen LogP contribution in [0.2, 0.25) is 0 Å². The minimum Gasteiger partial charge on any atom is -1.00 e. The molecule has 1 heterocycles. The van der Waals surface area contributed by atoms with Crippen LogP contribution in [0.1, 0.15) is 25.0 Å². The van der Waals surface area contributed by atoms with Gasteiger partial charge in [-0.05, 0) is 49.9 Å². The van der Waals surface area contributed by atoms with Crippen molar-refractivity contribution in [3.05, 3.63) is 65.7 Å². The summed E-state index contributed by atoms with van der Waals surface area (Å²) >= 11 is 0. The van der Waals surface area contributed by atoms with Crippen LogP contribution < -0.4 is 58.0 Å². The molecule has 1 saturated heterocycles. The van der Waals surface area contributed by atoms with Crippen molar-refractivity contribution in [1.82, 2.24) is 0 Å². The highest BCUT2D eigenvalue weighted by Crippen LogP contribution is 2.16. The molecule has 156 valence electrons. The number of halogens is 2. The Morgan fingerprint density at radius 2 is 1.54 bits per heavy atom. The number of rotatable bonds is 7. The van der Waals surface area contributed by atoms with Gasteiger partial charge >= 0.3 is 0 Å². The average Bonchev–Trinajstić information content (AvgIpc) is 2.61. The van der Waals surface area contributed by atoms with Crippen molar-refractivity contribution >= 4 is 0 Å². The number of nitrogens with two attached hydrogens (primary N) is 1. The van der Waals surface area contributed by atoms with E-state index in [0.29, 0.717) is 5.54 Å². The van der Waals surface area contributed by atoms with E-state index in [4.69, 9.17) is 4.74 Å². The summed E-state index contributed by atoms with van der Waals surface area (Å²) in [6.45, 7) is 10.2. The third-order valence-corrected chi connectivity index (χ3v) is 5.52. The van der Waals surface area contributed by atoms with Crippen molar-refractivity contribution in [1.29, 1.82) is 0 Å². The number of likely N-dealkylation sites (N-methyl/N-ethyl adjacent to an activating group) is 1. The Kier molecular flexibility index (Phi) is 10.7. The molecule has 0 spiro atoms. The lowest BCUT2D eigenvalue weighted by Gasteiger charge is -2.43. The molecule has 3 nitrogen and oxygen atoms in total. The van der Waals surface area contributed by atoms with Gasteiger partial charge < -0.3 is 62.5 Å². The Bertz CT molecular complexity index is 692. The normalized spacial score (nSPS) is 20.5. The molecule has 0 aromatic heterocycles. The van der Waals surface area contributed by atoms with Crippen molar-refractivity contribution in [3.8, 4) is 5.75 Å². The van der Waals surface area contributed by atoms with Gasteiger partial charge in [0.15, 0.2) is 0 Å². The summed E-state index contributed by atoms with van der Waals surface area (Å²) in [6, 6.07) is 19.3. The Morgan fingerprint density at radius 1 is 0.929 bits per heavy atom. The molecule has 0 amide bonds.